The number of fused-ring (bicyclic) bond motifs is 2. The molecule has 16 heteroatoms. The number of nitrogens with one attached hydrogen (secondary N) is 6. The molecule has 7 N–H and O–H groups in total. The number of aliphatic hydroxyl groups is 1. The standard InChI is InChI=1S/C34H49N7O9/c1-20(2)15-26-32(47)39-30(22(4)42)33(48)36-11-5-6-13-41(29(45)18-25-21(3)37-34(49)40-31(25)46)14-8-12-35-28(44)19-50-24-10-7-9-23(16-24)17-27(43)38-26/h7,9-10,16,20,22,26,30,42H,5-6,8,11-15,17-19H2,1-4H3,(H,35,44)(H,36,48)(H,38,43)(H,39,47)(H2,37,40,46,49)/t22-,26-,30+/m1/s1. The molecule has 2 aromatic rings. The van der Waals surface area contributed by atoms with Gasteiger partial charge >= 0.3 is 5.69 Å². The number of hydrogen-bond donors (Lipinski definition) is 7. The quantitative estimate of drug-likeness (QED) is 0.206. The van der Waals surface area contributed by atoms with Crippen LogP contribution in [0.25, 0.3) is 0 Å². The summed E-state index contributed by atoms with van der Waals surface area (Å²) in [5.74, 6) is -2.00. The van der Waals surface area contributed by atoms with Crippen molar-refractivity contribution in [3.8, 4) is 5.75 Å². The predicted molar refractivity (Wildman–Crippen MR) is 183 cm³/mol. The largest absolute Gasteiger partial charge is 0.484 e. The summed E-state index contributed by atoms with van der Waals surface area (Å²) in [7, 11) is 0. The fourth-order valence-corrected chi connectivity index (χ4v) is 5.45. The number of carbonyl (C=O) groups is 5. The Morgan fingerprint density at radius 1 is 0.920 bits per heavy atom. The second kappa shape index (κ2) is 19.3. The van der Waals surface area contributed by atoms with Crippen molar-refractivity contribution in [2.75, 3.05) is 32.8 Å². The minimum atomic E-state index is -1.28. The first-order valence-corrected chi connectivity index (χ1v) is 16.9. The zero-order valence-corrected chi connectivity index (χ0v) is 29.1. The van der Waals surface area contributed by atoms with Gasteiger partial charge < -0.3 is 41.0 Å². The minimum absolute atomic E-state index is 0.0208. The highest BCUT2D eigenvalue weighted by Gasteiger charge is 2.30. The topological polar surface area (TPSA) is 232 Å². The molecule has 1 aliphatic rings. The van der Waals surface area contributed by atoms with Crippen molar-refractivity contribution in [1.82, 2.24) is 36.1 Å². The maximum absolute atomic E-state index is 13.3. The molecule has 3 rings (SSSR count). The predicted octanol–water partition coefficient (Wildman–Crippen LogP) is -0.823. The van der Waals surface area contributed by atoms with E-state index in [0.29, 0.717) is 30.6 Å². The van der Waals surface area contributed by atoms with Gasteiger partial charge in [-0.3, -0.25) is 33.8 Å². The molecule has 0 unspecified atom stereocenters. The first kappa shape index (κ1) is 39.4. The molecule has 2 heterocycles. The molecule has 16 nitrogen and oxygen atoms in total. The van der Waals surface area contributed by atoms with E-state index in [2.05, 4.69) is 31.2 Å². The van der Waals surface area contributed by atoms with Gasteiger partial charge in [-0.15, -0.1) is 0 Å². The van der Waals surface area contributed by atoms with Gasteiger partial charge in [0.15, 0.2) is 6.61 Å². The van der Waals surface area contributed by atoms with E-state index in [1.807, 2.05) is 13.8 Å². The highest BCUT2D eigenvalue weighted by molar-refractivity contribution is 5.92. The van der Waals surface area contributed by atoms with Gasteiger partial charge in [-0.1, -0.05) is 26.0 Å². The van der Waals surface area contributed by atoms with Crippen LogP contribution in [0.4, 0.5) is 0 Å². The summed E-state index contributed by atoms with van der Waals surface area (Å²) >= 11 is 0. The average molecular weight is 700 g/mol. The second-order valence-electron chi connectivity index (χ2n) is 12.9. The Labute approximate surface area is 290 Å². The molecule has 0 saturated heterocycles. The summed E-state index contributed by atoms with van der Waals surface area (Å²) in [6, 6.07) is 4.41. The van der Waals surface area contributed by atoms with Crippen molar-refractivity contribution in [1.29, 1.82) is 0 Å². The fraction of sp³-hybridized carbons (Fsp3) is 0.559. The fourth-order valence-electron chi connectivity index (χ4n) is 5.45. The lowest BCUT2D eigenvalue weighted by atomic mass is 10.0. The average Bonchev–Trinajstić information content (AvgIpc) is 3.03. The molecule has 2 bridgehead atoms. The lowest BCUT2D eigenvalue weighted by molar-refractivity contribution is -0.134. The summed E-state index contributed by atoms with van der Waals surface area (Å²) in [5, 5.41) is 21.2. The van der Waals surface area contributed by atoms with Crippen LogP contribution in [0.15, 0.2) is 33.9 Å². The maximum Gasteiger partial charge on any atom is 0.325 e. The van der Waals surface area contributed by atoms with Crippen molar-refractivity contribution >= 4 is 29.5 Å². The zero-order chi connectivity index (χ0) is 36.8. The zero-order valence-electron chi connectivity index (χ0n) is 29.1. The number of aromatic nitrogens is 2. The number of amides is 5. The Morgan fingerprint density at radius 3 is 2.34 bits per heavy atom. The first-order valence-electron chi connectivity index (χ1n) is 16.9. The number of H-pyrrole nitrogens is 2. The maximum atomic E-state index is 13.3. The van der Waals surface area contributed by atoms with Crippen molar-refractivity contribution in [2.45, 2.75) is 84.4 Å². The van der Waals surface area contributed by atoms with Crippen LogP contribution in [0.1, 0.15) is 63.3 Å². The molecule has 0 fully saturated rings. The Kier molecular flexibility index (Phi) is 15.2. The highest BCUT2D eigenvalue weighted by atomic mass is 16.5. The van der Waals surface area contributed by atoms with Crippen LogP contribution in [0, 0.1) is 12.8 Å². The minimum Gasteiger partial charge on any atom is -0.484 e. The van der Waals surface area contributed by atoms with Crippen LogP contribution in [0.3, 0.4) is 0 Å². The van der Waals surface area contributed by atoms with Crippen LogP contribution >= 0.6 is 0 Å². The number of nitrogens with zero attached hydrogens (tertiary/aromatic N) is 1. The van der Waals surface area contributed by atoms with E-state index in [0.717, 1.165) is 0 Å². The van der Waals surface area contributed by atoms with Crippen LogP contribution < -0.4 is 37.3 Å². The third-order valence-electron chi connectivity index (χ3n) is 8.07. The van der Waals surface area contributed by atoms with Gasteiger partial charge in [-0.2, -0.15) is 0 Å². The summed E-state index contributed by atoms with van der Waals surface area (Å²) in [4.78, 5) is 95.4. The first-order chi connectivity index (χ1) is 23.7. The van der Waals surface area contributed by atoms with Gasteiger partial charge in [0.05, 0.1) is 18.9 Å². The SMILES string of the molecule is Cc1[nH]c(=O)[nH]c(=O)c1CC(=O)N1CCCCNC(=O)[C@H]([C@@H](C)O)NC(=O)[C@@H](CC(C)C)NC(=O)Cc2cccc(c2)OCC(=O)NCCC1. The molecule has 50 heavy (non-hydrogen) atoms. The molecule has 5 amide bonds. The number of carbonyl (C=O) groups excluding carboxylic acids is 5. The number of aryl methyl sites for hydroxylation is 1. The normalized spacial score (nSPS) is 20.0. The van der Waals surface area contributed by atoms with Crippen LogP contribution in [0.5, 0.6) is 5.75 Å². The van der Waals surface area contributed by atoms with E-state index in [9.17, 15) is 38.7 Å². The summed E-state index contributed by atoms with van der Waals surface area (Å²) in [6.45, 7) is 7.37. The third-order valence-corrected chi connectivity index (χ3v) is 8.07. The highest BCUT2D eigenvalue weighted by Crippen LogP contribution is 2.15. The molecule has 274 valence electrons. The van der Waals surface area contributed by atoms with E-state index < -0.39 is 47.2 Å². The smallest absolute Gasteiger partial charge is 0.325 e. The van der Waals surface area contributed by atoms with Crippen molar-refractivity contribution in [3.63, 3.8) is 0 Å². The number of aliphatic hydroxyl groups excluding tert-OH is 1. The number of aromatic amines is 2. The Hall–Kier alpha value is -4.99. The lowest BCUT2D eigenvalue weighted by Crippen LogP contribution is -2.57. The van der Waals surface area contributed by atoms with Gasteiger partial charge in [-0.25, -0.2) is 4.79 Å². The summed E-state index contributed by atoms with van der Waals surface area (Å²) in [5.41, 5.74) is -0.302. The molecular formula is C34H49N7O9. The molecule has 1 aliphatic heterocycles. The molecule has 0 spiro atoms. The van der Waals surface area contributed by atoms with Crippen molar-refractivity contribution in [2.24, 2.45) is 5.92 Å². The van der Waals surface area contributed by atoms with Gasteiger partial charge in [-0.05, 0) is 63.1 Å². The monoisotopic (exact) mass is 699 g/mol. The molecule has 0 radical (unpaired) electrons. The Bertz CT molecular complexity index is 1620. The van der Waals surface area contributed by atoms with Crippen LogP contribution in [0.2, 0.25) is 0 Å². The van der Waals surface area contributed by atoms with Gasteiger partial charge in [0, 0.05) is 37.4 Å². The molecule has 0 saturated carbocycles. The van der Waals surface area contributed by atoms with Gasteiger partial charge in [0.1, 0.15) is 17.8 Å². The van der Waals surface area contributed by atoms with E-state index >= 15 is 0 Å². The van der Waals surface area contributed by atoms with Gasteiger partial charge in [0.2, 0.25) is 23.6 Å². The van der Waals surface area contributed by atoms with E-state index in [1.54, 1.807) is 29.2 Å². The van der Waals surface area contributed by atoms with E-state index in [1.165, 1.54) is 13.8 Å². The third kappa shape index (κ3) is 12.8. The summed E-state index contributed by atoms with van der Waals surface area (Å²) < 4.78 is 5.63. The van der Waals surface area contributed by atoms with E-state index in [4.69, 9.17) is 4.74 Å². The molecule has 1 aromatic heterocycles. The van der Waals surface area contributed by atoms with E-state index in [-0.39, 0.29) is 81.0 Å². The number of benzene rings is 1. The molecule has 1 aromatic carbocycles. The number of rotatable bonds is 5. The molecule has 3 atom stereocenters. The Balaban J connectivity index is 1.78. The van der Waals surface area contributed by atoms with Gasteiger partial charge in [0.25, 0.3) is 11.5 Å². The van der Waals surface area contributed by atoms with Crippen molar-refractivity contribution < 1.29 is 33.8 Å². The lowest BCUT2D eigenvalue weighted by Gasteiger charge is -2.26. The second-order valence-corrected chi connectivity index (χ2v) is 12.9. The molecule has 0 aliphatic carbocycles. The molecular weight excluding hydrogens is 650 g/mol. The summed E-state index contributed by atoms with van der Waals surface area (Å²) in [6.07, 6.45) is 0.0279. The van der Waals surface area contributed by atoms with Crippen LogP contribution in [-0.4, -0.2) is 100 Å². The Morgan fingerprint density at radius 2 is 1.64 bits per heavy atom. The van der Waals surface area contributed by atoms with Crippen LogP contribution in [-0.2, 0) is 36.8 Å². The number of ether oxygens (including phenoxy) is 1. The van der Waals surface area contributed by atoms with Crippen molar-refractivity contribution in [3.05, 3.63) is 61.9 Å². The number of hydrogen-bond acceptors (Lipinski definition) is 9.